The second kappa shape index (κ2) is 6.33. The molecule has 7 nitrogen and oxygen atoms in total. The molecule has 0 bridgehead atoms. The third kappa shape index (κ3) is 3.02. The van der Waals surface area contributed by atoms with Gasteiger partial charge in [0.15, 0.2) is 5.69 Å². The molecule has 130 valence electrons. The van der Waals surface area contributed by atoms with Crippen LogP contribution in [0.5, 0.6) is 0 Å². The minimum absolute atomic E-state index is 0.171. The van der Waals surface area contributed by atoms with Gasteiger partial charge in [-0.2, -0.15) is 5.10 Å². The maximum Gasteiger partial charge on any atom is 0.271 e. The summed E-state index contributed by atoms with van der Waals surface area (Å²) in [6.07, 6.45) is 0. The van der Waals surface area contributed by atoms with Gasteiger partial charge in [0.1, 0.15) is 5.69 Å². The molecule has 1 saturated heterocycles. The van der Waals surface area contributed by atoms with Gasteiger partial charge in [-0.3, -0.25) is 14.3 Å². The molecule has 4 rings (SSSR count). The van der Waals surface area contributed by atoms with E-state index in [2.05, 4.69) is 15.7 Å². The van der Waals surface area contributed by atoms with Crippen molar-refractivity contribution in [1.29, 1.82) is 0 Å². The Labute approximate surface area is 145 Å². The van der Waals surface area contributed by atoms with Gasteiger partial charge in [0, 0.05) is 31.0 Å². The molecule has 1 saturated carbocycles. The summed E-state index contributed by atoms with van der Waals surface area (Å²) in [5, 5.41) is 9.92. The summed E-state index contributed by atoms with van der Waals surface area (Å²) in [6.45, 7) is 1.85. The maximum absolute atomic E-state index is 12.7. The molecule has 1 aromatic heterocycles. The van der Waals surface area contributed by atoms with Gasteiger partial charge in [-0.25, -0.2) is 0 Å². The standard InChI is InChI=1S/C18H20N4O3/c1-19-17(23)14-7-15(18(24)20-16-12-9-25-10-13(12)16)22(21-14)8-11-5-3-2-4-6-11/h2-7,12-13,16H,8-10H2,1H3,(H,19,23)(H,20,24)/t12-,13+,16+. The predicted octanol–water partition coefficient (Wildman–Crippen LogP) is 0.666. The van der Waals surface area contributed by atoms with E-state index in [1.54, 1.807) is 17.8 Å². The van der Waals surface area contributed by atoms with Crippen LogP contribution >= 0.6 is 0 Å². The molecule has 2 amide bonds. The van der Waals surface area contributed by atoms with Crippen molar-refractivity contribution in [2.75, 3.05) is 20.3 Å². The van der Waals surface area contributed by atoms with Crippen LogP contribution in [0.2, 0.25) is 0 Å². The number of nitrogens with zero attached hydrogens (tertiary/aromatic N) is 2. The van der Waals surface area contributed by atoms with Gasteiger partial charge in [0.25, 0.3) is 11.8 Å². The van der Waals surface area contributed by atoms with Crippen LogP contribution in [0.4, 0.5) is 0 Å². The smallest absolute Gasteiger partial charge is 0.271 e. The molecular weight excluding hydrogens is 320 g/mol. The fourth-order valence-electron chi connectivity index (χ4n) is 3.39. The normalized spacial score (nSPS) is 23.8. The summed E-state index contributed by atoms with van der Waals surface area (Å²) in [6, 6.07) is 11.4. The summed E-state index contributed by atoms with van der Waals surface area (Å²) in [7, 11) is 1.55. The maximum atomic E-state index is 12.7. The van der Waals surface area contributed by atoms with E-state index in [-0.39, 0.29) is 23.6 Å². The Morgan fingerprint density at radius 1 is 1.20 bits per heavy atom. The Kier molecular flexibility index (Phi) is 4.01. The third-order valence-corrected chi connectivity index (χ3v) is 4.90. The van der Waals surface area contributed by atoms with Crippen LogP contribution in [0.3, 0.4) is 0 Å². The Balaban J connectivity index is 1.57. The molecule has 7 heteroatoms. The summed E-state index contributed by atoms with van der Waals surface area (Å²) in [5.74, 6) is 0.344. The number of carbonyl (C=O) groups is 2. The predicted molar refractivity (Wildman–Crippen MR) is 90.2 cm³/mol. The van der Waals surface area contributed by atoms with Crippen LogP contribution < -0.4 is 10.6 Å². The van der Waals surface area contributed by atoms with Gasteiger partial charge < -0.3 is 15.4 Å². The van der Waals surface area contributed by atoms with Crippen molar-refractivity contribution in [3.8, 4) is 0 Å². The Hall–Kier alpha value is -2.67. The lowest BCUT2D eigenvalue weighted by atomic mass is 10.2. The molecule has 1 aliphatic carbocycles. The van der Waals surface area contributed by atoms with Crippen LogP contribution in [0.25, 0.3) is 0 Å². The zero-order valence-electron chi connectivity index (χ0n) is 13.9. The van der Waals surface area contributed by atoms with Crippen molar-refractivity contribution in [1.82, 2.24) is 20.4 Å². The number of aromatic nitrogens is 2. The number of rotatable bonds is 5. The van der Waals surface area contributed by atoms with Gasteiger partial charge in [-0.1, -0.05) is 30.3 Å². The first kappa shape index (κ1) is 15.8. The summed E-state index contributed by atoms with van der Waals surface area (Å²) >= 11 is 0. The molecule has 0 radical (unpaired) electrons. The molecule has 25 heavy (non-hydrogen) atoms. The zero-order valence-corrected chi connectivity index (χ0v) is 13.9. The second-order valence-electron chi connectivity index (χ2n) is 6.50. The van der Waals surface area contributed by atoms with Crippen molar-refractivity contribution in [3.05, 3.63) is 53.3 Å². The highest BCUT2D eigenvalue weighted by atomic mass is 16.5. The molecule has 3 atom stereocenters. The highest BCUT2D eigenvalue weighted by Gasteiger charge is 2.54. The van der Waals surface area contributed by atoms with E-state index < -0.39 is 0 Å². The minimum atomic E-state index is -0.308. The van der Waals surface area contributed by atoms with E-state index in [9.17, 15) is 9.59 Å². The highest BCUT2D eigenvalue weighted by Crippen LogP contribution is 2.44. The van der Waals surface area contributed by atoms with Crippen LogP contribution in [0.1, 0.15) is 26.5 Å². The first-order valence-corrected chi connectivity index (χ1v) is 8.40. The highest BCUT2D eigenvalue weighted by molar-refractivity contribution is 5.98. The van der Waals surface area contributed by atoms with E-state index in [0.29, 0.717) is 37.3 Å². The molecule has 1 aromatic carbocycles. The van der Waals surface area contributed by atoms with Crippen molar-refractivity contribution in [2.45, 2.75) is 12.6 Å². The number of ether oxygens (including phenoxy) is 1. The number of nitrogens with one attached hydrogen (secondary N) is 2. The lowest BCUT2D eigenvalue weighted by molar-refractivity contribution is 0.0917. The lowest BCUT2D eigenvalue weighted by Gasteiger charge is -2.10. The van der Waals surface area contributed by atoms with Crippen LogP contribution in [-0.2, 0) is 11.3 Å². The van der Waals surface area contributed by atoms with E-state index in [4.69, 9.17) is 4.74 Å². The Morgan fingerprint density at radius 2 is 1.92 bits per heavy atom. The fourth-order valence-corrected chi connectivity index (χ4v) is 3.39. The molecule has 2 aromatic rings. The number of hydrogen-bond donors (Lipinski definition) is 2. The fraction of sp³-hybridized carbons (Fsp3) is 0.389. The third-order valence-electron chi connectivity index (χ3n) is 4.90. The molecule has 0 unspecified atom stereocenters. The first-order valence-electron chi connectivity index (χ1n) is 8.40. The number of amides is 2. The van der Waals surface area contributed by atoms with Crippen LogP contribution in [-0.4, -0.2) is 47.9 Å². The zero-order chi connectivity index (χ0) is 17.4. The van der Waals surface area contributed by atoms with Crippen molar-refractivity contribution in [3.63, 3.8) is 0 Å². The molecule has 2 fully saturated rings. The molecule has 2 heterocycles. The van der Waals surface area contributed by atoms with Crippen LogP contribution in [0.15, 0.2) is 36.4 Å². The topological polar surface area (TPSA) is 85.3 Å². The monoisotopic (exact) mass is 340 g/mol. The van der Waals surface area contributed by atoms with Gasteiger partial charge in [0.05, 0.1) is 19.8 Å². The van der Waals surface area contributed by atoms with Crippen molar-refractivity contribution in [2.24, 2.45) is 11.8 Å². The quantitative estimate of drug-likeness (QED) is 0.838. The van der Waals surface area contributed by atoms with E-state index in [0.717, 1.165) is 5.56 Å². The minimum Gasteiger partial charge on any atom is -0.381 e. The van der Waals surface area contributed by atoms with E-state index >= 15 is 0 Å². The molecule has 2 aliphatic rings. The van der Waals surface area contributed by atoms with Crippen LogP contribution in [0, 0.1) is 11.8 Å². The number of fused-ring (bicyclic) bond motifs is 1. The number of hydrogen-bond acceptors (Lipinski definition) is 4. The summed E-state index contributed by atoms with van der Waals surface area (Å²) in [5.41, 5.74) is 1.65. The van der Waals surface area contributed by atoms with E-state index in [1.807, 2.05) is 30.3 Å². The second-order valence-corrected chi connectivity index (χ2v) is 6.50. The first-order chi connectivity index (χ1) is 12.2. The van der Waals surface area contributed by atoms with Gasteiger partial charge in [0.2, 0.25) is 0 Å². The summed E-state index contributed by atoms with van der Waals surface area (Å²) in [4.78, 5) is 24.6. The molecule has 2 N–H and O–H groups in total. The average Bonchev–Trinajstić information content (AvgIpc) is 3.00. The number of carbonyl (C=O) groups excluding carboxylic acids is 2. The number of benzene rings is 1. The molecular formula is C18H20N4O3. The SMILES string of the molecule is CNC(=O)c1cc(C(=O)N[C@H]2[C@@H]3COC[C@@H]32)n(Cc2ccccc2)n1. The van der Waals surface area contributed by atoms with Crippen molar-refractivity contribution < 1.29 is 14.3 Å². The summed E-state index contributed by atoms with van der Waals surface area (Å²) < 4.78 is 6.94. The Bertz CT molecular complexity index is 792. The van der Waals surface area contributed by atoms with Crippen molar-refractivity contribution >= 4 is 11.8 Å². The average molecular weight is 340 g/mol. The molecule has 0 spiro atoms. The molecule has 1 aliphatic heterocycles. The van der Waals surface area contributed by atoms with Gasteiger partial charge in [-0.15, -0.1) is 0 Å². The lowest BCUT2D eigenvalue weighted by Crippen LogP contribution is -2.31. The largest absolute Gasteiger partial charge is 0.381 e. The van der Waals surface area contributed by atoms with E-state index in [1.165, 1.54) is 0 Å². The Morgan fingerprint density at radius 3 is 2.60 bits per heavy atom. The van der Waals surface area contributed by atoms with Gasteiger partial charge >= 0.3 is 0 Å². The van der Waals surface area contributed by atoms with Gasteiger partial charge in [-0.05, 0) is 5.56 Å².